The van der Waals surface area contributed by atoms with Crippen molar-refractivity contribution in [2.75, 3.05) is 5.32 Å². The average molecular weight is 515 g/mol. The largest absolute Gasteiger partial charge is 0.390 e. The number of aromatic nitrogens is 1. The molecule has 0 bridgehead atoms. The highest BCUT2D eigenvalue weighted by molar-refractivity contribution is 14.1. The molecule has 0 spiro atoms. The molecule has 156 valence electrons. The van der Waals surface area contributed by atoms with Crippen LogP contribution in [0.4, 0.5) is 15.9 Å². The van der Waals surface area contributed by atoms with E-state index in [1.54, 1.807) is 13.0 Å². The van der Waals surface area contributed by atoms with Crippen molar-refractivity contribution in [2.24, 2.45) is 7.05 Å². The van der Waals surface area contributed by atoms with Gasteiger partial charge in [-0.05, 0) is 73.0 Å². The molecule has 4 N–H and O–H groups in total. The molecule has 1 aromatic heterocycles. The molecule has 9 heteroatoms. The summed E-state index contributed by atoms with van der Waals surface area (Å²) in [4.78, 5) is 25.4. The van der Waals surface area contributed by atoms with Gasteiger partial charge in [0.05, 0.1) is 29.5 Å². The molecule has 3 rings (SSSR count). The third-order valence-electron chi connectivity index (χ3n) is 5.16. The number of carbonyl (C=O) groups excluding carboxylic acids is 1. The van der Waals surface area contributed by atoms with E-state index in [-0.39, 0.29) is 22.6 Å². The van der Waals surface area contributed by atoms with Crippen LogP contribution in [0.5, 0.6) is 0 Å². The highest BCUT2D eigenvalue weighted by atomic mass is 127. The van der Waals surface area contributed by atoms with Gasteiger partial charge in [-0.2, -0.15) is 0 Å². The Bertz CT molecular complexity index is 994. The first kappa shape index (κ1) is 21.7. The number of nitrogens with zero attached hydrogens (tertiary/aromatic N) is 1. The number of nitrogens with one attached hydrogen (secondary N) is 2. The summed E-state index contributed by atoms with van der Waals surface area (Å²) in [7, 11) is 1.50. The fraction of sp³-hybridized carbons (Fsp3) is 0.400. The number of aryl methyl sites for hydroxylation is 1. The standard InChI is InChI=1S/C20H23FIN3O4/c1-10-8-12(19(28)24-15-4-3-5-16(26)17(15)27)18(25(2)20(10)29)23-14-7-6-11(22)9-13(14)21/h6-9,15-17,23,26-27H,3-5H2,1-2H3,(H,24,28). The quantitative estimate of drug-likeness (QED) is 0.468. The van der Waals surface area contributed by atoms with Crippen LogP contribution in [0.15, 0.2) is 29.1 Å². The van der Waals surface area contributed by atoms with Crippen LogP contribution in [0.25, 0.3) is 0 Å². The van der Waals surface area contributed by atoms with Gasteiger partial charge in [0.1, 0.15) is 11.6 Å². The summed E-state index contributed by atoms with van der Waals surface area (Å²) in [6.45, 7) is 1.59. The molecule has 0 saturated heterocycles. The van der Waals surface area contributed by atoms with Crippen molar-refractivity contribution in [3.8, 4) is 0 Å². The summed E-state index contributed by atoms with van der Waals surface area (Å²) in [6.07, 6.45) is -0.274. The lowest BCUT2D eigenvalue weighted by atomic mass is 9.90. The lowest BCUT2D eigenvalue weighted by Gasteiger charge is -2.32. The normalized spacial score (nSPS) is 21.7. The Balaban J connectivity index is 1.97. The summed E-state index contributed by atoms with van der Waals surface area (Å²) >= 11 is 1.99. The predicted octanol–water partition coefficient (Wildman–Crippen LogP) is 2.19. The zero-order chi connectivity index (χ0) is 21.3. The number of anilines is 2. The molecule has 3 atom stereocenters. The number of hydrogen-bond donors (Lipinski definition) is 4. The van der Waals surface area contributed by atoms with E-state index in [1.807, 2.05) is 22.6 Å². The Hall–Kier alpha value is -1.98. The van der Waals surface area contributed by atoms with E-state index in [4.69, 9.17) is 0 Å². The minimum atomic E-state index is -1.06. The number of aliphatic hydroxyl groups is 2. The number of benzene rings is 1. The minimum Gasteiger partial charge on any atom is -0.390 e. The summed E-state index contributed by atoms with van der Waals surface area (Å²) in [5, 5.41) is 25.6. The molecule has 2 aromatic rings. The maximum atomic E-state index is 14.3. The molecular weight excluding hydrogens is 492 g/mol. The molecule has 7 nitrogen and oxygen atoms in total. The molecule has 1 saturated carbocycles. The first-order valence-electron chi connectivity index (χ1n) is 9.28. The zero-order valence-corrected chi connectivity index (χ0v) is 18.2. The summed E-state index contributed by atoms with van der Waals surface area (Å²) in [5.41, 5.74) is 0.319. The van der Waals surface area contributed by atoms with Gasteiger partial charge < -0.3 is 20.8 Å². The van der Waals surface area contributed by atoms with E-state index < -0.39 is 30.0 Å². The molecule has 1 aliphatic rings. The van der Waals surface area contributed by atoms with Gasteiger partial charge in [-0.25, -0.2) is 4.39 Å². The Labute approximate surface area is 181 Å². The van der Waals surface area contributed by atoms with E-state index in [0.29, 0.717) is 28.4 Å². The van der Waals surface area contributed by atoms with Crippen molar-refractivity contribution >= 4 is 40.0 Å². The molecule has 29 heavy (non-hydrogen) atoms. The van der Waals surface area contributed by atoms with Crippen LogP contribution in [0.1, 0.15) is 35.2 Å². The zero-order valence-electron chi connectivity index (χ0n) is 16.1. The van der Waals surface area contributed by atoms with Crippen molar-refractivity contribution < 1.29 is 19.4 Å². The van der Waals surface area contributed by atoms with Crippen LogP contribution in [-0.4, -0.2) is 38.9 Å². The number of carbonyl (C=O) groups is 1. The molecule has 1 aromatic carbocycles. The van der Waals surface area contributed by atoms with Gasteiger partial charge in [0, 0.05) is 16.2 Å². The third kappa shape index (κ3) is 4.62. The molecule has 0 aliphatic heterocycles. The van der Waals surface area contributed by atoms with E-state index in [2.05, 4.69) is 10.6 Å². The number of hydrogen-bond acceptors (Lipinski definition) is 5. The summed E-state index contributed by atoms with van der Waals surface area (Å²) in [6, 6.07) is 5.42. The minimum absolute atomic E-state index is 0.131. The first-order chi connectivity index (χ1) is 13.7. The molecule has 1 aliphatic carbocycles. The van der Waals surface area contributed by atoms with E-state index in [1.165, 1.54) is 29.8 Å². The topological polar surface area (TPSA) is 104 Å². The van der Waals surface area contributed by atoms with E-state index >= 15 is 0 Å². The highest BCUT2D eigenvalue weighted by Crippen LogP contribution is 2.25. The molecular formula is C20H23FIN3O4. The molecule has 3 unspecified atom stereocenters. The van der Waals surface area contributed by atoms with Crippen molar-refractivity contribution in [3.05, 3.63) is 55.1 Å². The monoisotopic (exact) mass is 515 g/mol. The van der Waals surface area contributed by atoms with Gasteiger partial charge >= 0.3 is 0 Å². The number of halogens is 2. The molecule has 0 radical (unpaired) electrons. The number of aliphatic hydroxyl groups excluding tert-OH is 2. The lowest BCUT2D eigenvalue weighted by Crippen LogP contribution is -2.51. The Kier molecular flexibility index (Phi) is 6.59. The molecule has 1 amide bonds. The second-order valence-corrected chi connectivity index (χ2v) is 8.52. The van der Waals surface area contributed by atoms with Crippen LogP contribution in [0.3, 0.4) is 0 Å². The first-order valence-corrected chi connectivity index (χ1v) is 10.4. The van der Waals surface area contributed by atoms with Crippen molar-refractivity contribution in [3.63, 3.8) is 0 Å². The average Bonchev–Trinajstić information content (AvgIpc) is 2.67. The Morgan fingerprint density at radius 3 is 2.69 bits per heavy atom. The fourth-order valence-electron chi connectivity index (χ4n) is 3.50. The third-order valence-corrected chi connectivity index (χ3v) is 5.83. The SMILES string of the molecule is Cc1cc(C(=O)NC2CCCC(O)C2O)c(Nc2ccc(I)cc2F)n(C)c1=O. The lowest BCUT2D eigenvalue weighted by molar-refractivity contribution is -0.0277. The fourth-order valence-corrected chi connectivity index (χ4v) is 3.95. The Morgan fingerprint density at radius 2 is 2.00 bits per heavy atom. The van der Waals surface area contributed by atoms with E-state index in [9.17, 15) is 24.2 Å². The molecule has 1 fully saturated rings. The Morgan fingerprint density at radius 1 is 1.28 bits per heavy atom. The van der Waals surface area contributed by atoms with Crippen LogP contribution in [-0.2, 0) is 7.05 Å². The van der Waals surface area contributed by atoms with Crippen LogP contribution in [0, 0.1) is 16.3 Å². The summed E-state index contributed by atoms with van der Waals surface area (Å²) in [5.74, 6) is -0.888. The maximum Gasteiger partial charge on any atom is 0.255 e. The van der Waals surface area contributed by atoms with Gasteiger partial charge in [0.2, 0.25) is 0 Å². The van der Waals surface area contributed by atoms with Crippen molar-refractivity contribution in [1.29, 1.82) is 0 Å². The number of amides is 1. The van der Waals surface area contributed by atoms with Gasteiger partial charge in [0.15, 0.2) is 0 Å². The van der Waals surface area contributed by atoms with Gasteiger partial charge in [0.25, 0.3) is 11.5 Å². The molecule has 1 heterocycles. The number of rotatable bonds is 4. The van der Waals surface area contributed by atoms with Gasteiger partial charge in [-0.1, -0.05) is 0 Å². The van der Waals surface area contributed by atoms with Crippen LogP contribution in [0.2, 0.25) is 0 Å². The van der Waals surface area contributed by atoms with Crippen LogP contribution < -0.4 is 16.2 Å². The number of pyridine rings is 1. The smallest absolute Gasteiger partial charge is 0.255 e. The van der Waals surface area contributed by atoms with Crippen LogP contribution >= 0.6 is 22.6 Å². The second kappa shape index (κ2) is 8.80. The predicted molar refractivity (Wildman–Crippen MR) is 116 cm³/mol. The summed E-state index contributed by atoms with van der Waals surface area (Å²) < 4.78 is 16.3. The second-order valence-electron chi connectivity index (χ2n) is 7.27. The van der Waals surface area contributed by atoms with Gasteiger partial charge in [-0.15, -0.1) is 0 Å². The highest BCUT2D eigenvalue weighted by Gasteiger charge is 2.32. The van der Waals surface area contributed by atoms with Gasteiger partial charge in [-0.3, -0.25) is 14.2 Å². The van der Waals surface area contributed by atoms with Crippen molar-refractivity contribution in [2.45, 2.75) is 44.4 Å². The maximum absolute atomic E-state index is 14.3. The van der Waals surface area contributed by atoms with E-state index in [0.717, 1.165) is 0 Å². The van der Waals surface area contributed by atoms with Crippen molar-refractivity contribution in [1.82, 2.24) is 9.88 Å².